The van der Waals surface area contributed by atoms with Crippen LogP contribution in [0.15, 0.2) is 18.5 Å². The highest BCUT2D eigenvalue weighted by atomic mass is 19.1. The van der Waals surface area contributed by atoms with Crippen molar-refractivity contribution in [1.29, 1.82) is 0 Å². The first-order chi connectivity index (χ1) is 10.7. The first kappa shape index (κ1) is 15.4. The van der Waals surface area contributed by atoms with Crippen molar-refractivity contribution in [1.82, 2.24) is 14.9 Å². The van der Waals surface area contributed by atoms with Gasteiger partial charge in [0, 0.05) is 43.9 Å². The minimum absolute atomic E-state index is 0.221. The summed E-state index contributed by atoms with van der Waals surface area (Å²) in [6.45, 7) is 3.80. The second-order valence-corrected chi connectivity index (χ2v) is 6.17. The number of hydrogen-bond donors (Lipinski definition) is 1. The smallest absolute Gasteiger partial charge is 0.142 e. The van der Waals surface area contributed by atoms with Crippen molar-refractivity contribution in [2.45, 2.75) is 51.2 Å². The Kier molecular flexibility index (Phi) is 4.74. The van der Waals surface area contributed by atoms with Gasteiger partial charge in [0.15, 0.2) is 0 Å². The number of unbranched alkanes of at least 4 members (excludes halogenated alkanes) is 1. The molecule has 0 amide bonds. The van der Waals surface area contributed by atoms with Crippen molar-refractivity contribution in [3.05, 3.63) is 29.8 Å². The lowest BCUT2D eigenvalue weighted by Gasteiger charge is -2.12. The Balaban J connectivity index is 1.84. The Morgan fingerprint density at radius 1 is 1.45 bits per heavy atom. The van der Waals surface area contributed by atoms with Gasteiger partial charge < -0.3 is 14.6 Å². The Labute approximate surface area is 130 Å². The zero-order valence-electron chi connectivity index (χ0n) is 13.3. The fourth-order valence-corrected chi connectivity index (χ4v) is 2.91. The molecule has 0 spiro atoms. The largest absolute Gasteiger partial charge is 0.385 e. The van der Waals surface area contributed by atoms with Crippen molar-refractivity contribution >= 4 is 11.0 Å². The summed E-state index contributed by atoms with van der Waals surface area (Å²) in [6, 6.07) is 2.45. The molecular weight excluding hydrogens is 281 g/mol. The van der Waals surface area contributed by atoms with Crippen LogP contribution in [0, 0.1) is 5.82 Å². The number of aryl methyl sites for hydroxylation is 1. The molecule has 2 aromatic heterocycles. The maximum atomic E-state index is 13.6. The van der Waals surface area contributed by atoms with Gasteiger partial charge in [-0.2, -0.15) is 0 Å². The van der Waals surface area contributed by atoms with Crippen molar-refractivity contribution in [2.75, 3.05) is 13.7 Å². The molecule has 1 unspecified atom stereocenters. The van der Waals surface area contributed by atoms with Crippen molar-refractivity contribution in [3.8, 4) is 0 Å². The van der Waals surface area contributed by atoms with E-state index in [-0.39, 0.29) is 11.9 Å². The Bertz CT molecular complexity index is 636. The quantitative estimate of drug-likeness (QED) is 0.760. The van der Waals surface area contributed by atoms with Crippen molar-refractivity contribution < 1.29 is 9.13 Å². The van der Waals surface area contributed by atoms with Gasteiger partial charge in [-0.3, -0.25) is 0 Å². The third kappa shape index (κ3) is 3.47. The molecule has 1 N–H and O–H groups in total. The third-order valence-electron chi connectivity index (χ3n) is 4.24. The molecule has 0 bridgehead atoms. The van der Waals surface area contributed by atoms with E-state index in [0.29, 0.717) is 6.04 Å². The summed E-state index contributed by atoms with van der Waals surface area (Å²) in [6.07, 6.45) is 7.96. The van der Waals surface area contributed by atoms with Gasteiger partial charge in [-0.25, -0.2) is 9.37 Å². The molecule has 3 rings (SSSR count). The molecular formula is C17H24FN3O. The molecule has 2 aromatic rings. The van der Waals surface area contributed by atoms with Gasteiger partial charge in [0.25, 0.3) is 0 Å². The van der Waals surface area contributed by atoms with Gasteiger partial charge in [-0.05, 0) is 44.2 Å². The fraction of sp³-hybridized carbons (Fsp3) is 0.588. The monoisotopic (exact) mass is 305 g/mol. The second-order valence-electron chi connectivity index (χ2n) is 6.17. The molecule has 1 aliphatic rings. The highest BCUT2D eigenvalue weighted by Crippen LogP contribution is 2.29. The summed E-state index contributed by atoms with van der Waals surface area (Å²) in [5.74, 6) is -0.274. The topological polar surface area (TPSA) is 39.1 Å². The van der Waals surface area contributed by atoms with Crippen LogP contribution in [0.5, 0.6) is 0 Å². The average Bonchev–Trinajstić information content (AvgIpc) is 3.24. The van der Waals surface area contributed by atoms with Crippen LogP contribution >= 0.6 is 0 Å². The molecule has 1 aliphatic carbocycles. The van der Waals surface area contributed by atoms with E-state index >= 15 is 0 Å². The molecule has 1 atom stereocenters. The van der Waals surface area contributed by atoms with Crippen molar-refractivity contribution in [2.24, 2.45) is 0 Å². The van der Waals surface area contributed by atoms with Gasteiger partial charge >= 0.3 is 0 Å². The molecule has 1 fully saturated rings. The van der Waals surface area contributed by atoms with Crippen LogP contribution in [0.2, 0.25) is 0 Å². The van der Waals surface area contributed by atoms with E-state index in [4.69, 9.17) is 4.74 Å². The number of fused-ring (bicyclic) bond motifs is 1. The van der Waals surface area contributed by atoms with Gasteiger partial charge in [-0.1, -0.05) is 0 Å². The molecule has 5 heteroatoms. The molecule has 0 radical (unpaired) electrons. The number of halogens is 1. The highest BCUT2D eigenvalue weighted by Gasteiger charge is 2.25. The lowest BCUT2D eigenvalue weighted by molar-refractivity contribution is 0.191. The van der Waals surface area contributed by atoms with Crippen LogP contribution in [0.3, 0.4) is 0 Å². The van der Waals surface area contributed by atoms with Crippen LogP contribution in [0.4, 0.5) is 4.39 Å². The molecule has 2 heterocycles. The van der Waals surface area contributed by atoms with Gasteiger partial charge in [-0.15, -0.1) is 0 Å². The zero-order valence-corrected chi connectivity index (χ0v) is 13.3. The summed E-state index contributed by atoms with van der Waals surface area (Å²) in [5, 5.41) is 4.51. The zero-order chi connectivity index (χ0) is 15.5. The van der Waals surface area contributed by atoms with Crippen LogP contribution in [0.25, 0.3) is 11.0 Å². The third-order valence-corrected chi connectivity index (χ3v) is 4.24. The Morgan fingerprint density at radius 3 is 3.00 bits per heavy atom. The maximum absolute atomic E-state index is 13.6. The minimum atomic E-state index is -0.274. The predicted molar refractivity (Wildman–Crippen MR) is 85.4 cm³/mol. The summed E-state index contributed by atoms with van der Waals surface area (Å²) in [4.78, 5) is 4.31. The number of hydrogen-bond acceptors (Lipinski definition) is 3. The first-order valence-electron chi connectivity index (χ1n) is 8.08. The number of methoxy groups -OCH3 is 1. The maximum Gasteiger partial charge on any atom is 0.142 e. The number of nitrogens with one attached hydrogen (secondary N) is 1. The van der Waals surface area contributed by atoms with E-state index in [2.05, 4.69) is 28.0 Å². The van der Waals surface area contributed by atoms with E-state index in [1.807, 2.05) is 0 Å². The number of ether oxygens (including phenoxy) is 1. The summed E-state index contributed by atoms with van der Waals surface area (Å²) < 4.78 is 20.8. The second kappa shape index (κ2) is 6.75. The first-order valence-corrected chi connectivity index (χ1v) is 8.08. The lowest BCUT2D eigenvalue weighted by atomic mass is 10.1. The molecule has 1 saturated carbocycles. The van der Waals surface area contributed by atoms with Gasteiger partial charge in [0.2, 0.25) is 0 Å². The van der Waals surface area contributed by atoms with E-state index < -0.39 is 0 Å². The predicted octanol–water partition coefficient (Wildman–Crippen LogP) is 3.42. The standard InChI is InChI=1S/C17H24FN3O/c1-12(20-14-5-6-14)16-11-21(7-3-4-8-22-2)17-15(16)9-13(18)10-19-17/h9-12,14,20H,3-8H2,1-2H3. The SMILES string of the molecule is COCCCCn1cc(C(C)NC2CC2)c2cc(F)cnc21. The molecule has 0 aliphatic heterocycles. The normalized spacial score (nSPS) is 16.3. The van der Waals surface area contributed by atoms with E-state index in [9.17, 15) is 4.39 Å². The minimum Gasteiger partial charge on any atom is -0.385 e. The van der Waals surface area contributed by atoms with Gasteiger partial charge in [0.05, 0.1) is 6.20 Å². The number of aromatic nitrogens is 2. The van der Waals surface area contributed by atoms with Crippen LogP contribution in [-0.2, 0) is 11.3 Å². The molecule has 0 saturated heterocycles. The molecule has 120 valence electrons. The van der Waals surface area contributed by atoms with Crippen LogP contribution in [0.1, 0.15) is 44.2 Å². The number of nitrogens with zero attached hydrogens (tertiary/aromatic N) is 2. The highest BCUT2D eigenvalue weighted by molar-refractivity contribution is 5.81. The fourth-order valence-electron chi connectivity index (χ4n) is 2.91. The van der Waals surface area contributed by atoms with Crippen LogP contribution in [-0.4, -0.2) is 29.3 Å². The Morgan fingerprint density at radius 2 is 2.27 bits per heavy atom. The molecule has 0 aromatic carbocycles. The number of rotatable bonds is 8. The van der Waals surface area contributed by atoms with E-state index in [0.717, 1.165) is 42.6 Å². The van der Waals surface area contributed by atoms with Crippen LogP contribution < -0.4 is 5.32 Å². The Hall–Kier alpha value is -1.46. The van der Waals surface area contributed by atoms with E-state index in [1.54, 1.807) is 13.2 Å². The average molecular weight is 305 g/mol. The lowest BCUT2D eigenvalue weighted by Crippen LogP contribution is -2.20. The summed E-state index contributed by atoms with van der Waals surface area (Å²) in [5.41, 5.74) is 2.01. The van der Waals surface area contributed by atoms with Crippen molar-refractivity contribution in [3.63, 3.8) is 0 Å². The number of pyridine rings is 1. The summed E-state index contributed by atoms with van der Waals surface area (Å²) >= 11 is 0. The van der Waals surface area contributed by atoms with E-state index in [1.165, 1.54) is 19.0 Å². The van der Waals surface area contributed by atoms with Gasteiger partial charge in [0.1, 0.15) is 11.5 Å². The molecule has 4 nitrogen and oxygen atoms in total. The molecule has 22 heavy (non-hydrogen) atoms. The summed E-state index contributed by atoms with van der Waals surface area (Å²) in [7, 11) is 1.72.